The van der Waals surface area contributed by atoms with Gasteiger partial charge in [0.1, 0.15) is 18.2 Å². The summed E-state index contributed by atoms with van der Waals surface area (Å²) < 4.78 is 17.2. The Morgan fingerprint density at radius 3 is 2.83 bits per heavy atom. The van der Waals surface area contributed by atoms with E-state index in [1.54, 1.807) is 6.20 Å². The van der Waals surface area contributed by atoms with Crippen LogP contribution in [0.25, 0.3) is 10.8 Å². The minimum absolute atomic E-state index is 0.102. The van der Waals surface area contributed by atoms with Gasteiger partial charge in [0.15, 0.2) is 0 Å². The molecule has 1 fully saturated rings. The van der Waals surface area contributed by atoms with Crippen molar-refractivity contribution in [2.45, 2.75) is 64.1 Å². The highest BCUT2D eigenvalue weighted by Gasteiger charge is 2.44. The van der Waals surface area contributed by atoms with E-state index in [4.69, 9.17) is 13.9 Å². The molecule has 190 valence electrons. The van der Waals surface area contributed by atoms with Crippen molar-refractivity contribution in [3.05, 3.63) is 41.9 Å². The summed E-state index contributed by atoms with van der Waals surface area (Å²) in [6, 6.07) is 7.02. The maximum Gasteiger partial charge on any atom is 0.328 e. The Labute approximate surface area is 209 Å². The Balaban J connectivity index is 1.52. The molecule has 0 saturated carbocycles. The first-order chi connectivity index (χ1) is 17.4. The molecule has 1 saturated heterocycles. The number of aromatic nitrogens is 3. The number of hydrogen-bond acceptors (Lipinski definition) is 9. The highest BCUT2D eigenvalue weighted by Crippen LogP contribution is 2.30. The van der Waals surface area contributed by atoms with Crippen molar-refractivity contribution < 1.29 is 23.5 Å². The van der Waals surface area contributed by atoms with Gasteiger partial charge in [-0.1, -0.05) is 31.1 Å². The lowest BCUT2D eigenvalue weighted by Gasteiger charge is -2.29. The quantitative estimate of drug-likeness (QED) is 0.537. The summed E-state index contributed by atoms with van der Waals surface area (Å²) >= 11 is 0. The van der Waals surface area contributed by atoms with E-state index in [0.717, 1.165) is 30.0 Å². The van der Waals surface area contributed by atoms with E-state index in [-0.39, 0.29) is 24.4 Å². The van der Waals surface area contributed by atoms with Crippen LogP contribution in [-0.2, 0) is 27.2 Å². The number of aryl methyl sites for hydroxylation is 2. The summed E-state index contributed by atoms with van der Waals surface area (Å²) in [5.74, 6) is 0.208. The number of benzene rings is 1. The van der Waals surface area contributed by atoms with E-state index >= 15 is 0 Å². The fraction of sp³-hybridized carbons (Fsp3) is 0.500. The number of ether oxygens (including phenoxy) is 2. The number of pyridine rings is 1. The van der Waals surface area contributed by atoms with Gasteiger partial charge >= 0.3 is 12.0 Å². The second-order valence-corrected chi connectivity index (χ2v) is 9.75. The van der Waals surface area contributed by atoms with Crippen LogP contribution in [-0.4, -0.2) is 63.8 Å². The van der Waals surface area contributed by atoms with Gasteiger partial charge in [-0.3, -0.25) is 4.79 Å². The van der Waals surface area contributed by atoms with Crippen LogP contribution in [0.5, 0.6) is 5.88 Å². The second kappa shape index (κ2) is 10.1. The van der Waals surface area contributed by atoms with Gasteiger partial charge in [-0.25, -0.2) is 9.78 Å². The molecule has 5 rings (SSSR count). The van der Waals surface area contributed by atoms with Crippen LogP contribution in [0.15, 0.2) is 34.9 Å². The van der Waals surface area contributed by atoms with Crippen molar-refractivity contribution in [1.82, 2.24) is 20.1 Å². The maximum atomic E-state index is 13.7. The molecule has 0 radical (unpaired) electrons. The predicted molar refractivity (Wildman–Crippen MR) is 131 cm³/mol. The average molecular weight is 494 g/mol. The number of nitrogens with one attached hydrogen (secondary N) is 1. The van der Waals surface area contributed by atoms with E-state index in [1.165, 1.54) is 17.6 Å². The van der Waals surface area contributed by atoms with E-state index in [1.807, 2.05) is 19.9 Å². The van der Waals surface area contributed by atoms with E-state index in [2.05, 4.69) is 38.7 Å². The zero-order valence-electron chi connectivity index (χ0n) is 20.8. The molecule has 10 heteroatoms. The molecule has 0 spiro atoms. The Hall–Kier alpha value is -3.69. The minimum Gasteiger partial charge on any atom is -0.472 e. The van der Waals surface area contributed by atoms with Gasteiger partial charge in [0.2, 0.25) is 17.7 Å². The van der Waals surface area contributed by atoms with Gasteiger partial charge in [-0.2, -0.15) is 0 Å². The van der Waals surface area contributed by atoms with E-state index < -0.39 is 24.2 Å². The van der Waals surface area contributed by atoms with Gasteiger partial charge in [-0.15, -0.1) is 5.10 Å². The van der Waals surface area contributed by atoms with Crippen LogP contribution in [0.3, 0.4) is 0 Å². The van der Waals surface area contributed by atoms with Gasteiger partial charge in [-0.05, 0) is 48.3 Å². The number of methoxy groups -OCH3 is 1. The summed E-state index contributed by atoms with van der Waals surface area (Å²) in [6.45, 7) is 4.08. The largest absolute Gasteiger partial charge is 0.472 e. The average Bonchev–Trinajstić information content (AvgIpc) is 3.51. The molecular weight excluding hydrogens is 462 g/mol. The number of hydrogen-bond donors (Lipinski definition) is 1. The van der Waals surface area contributed by atoms with Crippen LogP contribution in [0, 0.1) is 5.92 Å². The molecule has 2 aromatic heterocycles. The van der Waals surface area contributed by atoms with Crippen LogP contribution in [0.1, 0.15) is 44.6 Å². The summed E-state index contributed by atoms with van der Waals surface area (Å²) in [5, 5.41) is 13.3. The first-order valence-corrected chi connectivity index (χ1v) is 12.4. The van der Waals surface area contributed by atoms with Crippen LogP contribution in [0.4, 0.5) is 6.01 Å². The lowest BCUT2D eigenvalue weighted by molar-refractivity contribution is -0.151. The van der Waals surface area contributed by atoms with Gasteiger partial charge in [0, 0.05) is 24.4 Å². The van der Waals surface area contributed by atoms with Gasteiger partial charge < -0.3 is 24.1 Å². The highest BCUT2D eigenvalue weighted by molar-refractivity contribution is 5.90. The highest BCUT2D eigenvalue weighted by atomic mass is 16.5. The van der Waals surface area contributed by atoms with Crippen LogP contribution < -0.4 is 10.1 Å². The Morgan fingerprint density at radius 1 is 1.19 bits per heavy atom. The zero-order chi connectivity index (χ0) is 25.2. The molecule has 0 aliphatic carbocycles. The van der Waals surface area contributed by atoms with E-state index in [9.17, 15) is 9.59 Å². The minimum atomic E-state index is -0.763. The molecule has 6 bridgehead atoms. The zero-order valence-corrected chi connectivity index (χ0v) is 20.8. The Bertz CT molecular complexity index is 1260. The topological polar surface area (TPSA) is 120 Å². The van der Waals surface area contributed by atoms with Crippen molar-refractivity contribution in [1.29, 1.82) is 0 Å². The molecular formula is C26H31N5O5. The van der Waals surface area contributed by atoms with Crippen molar-refractivity contribution in [2.75, 3.05) is 19.0 Å². The molecule has 1 amide bonds. The number of rotatable bonds is 2. The van der Waals surface area contributed by atoms with Crippen molar-refractivity contribution in [3.8, 4) is 5.88 Å². The lowest BCUT2D eigenvalue weighted by atomic mass is 10.0. The standard InChI is InChI=1S/C26H31N5O5/c1-15(2)22-24(32)31-14-18(13-20(31)25(33)34-3)35-23-19-12-16(8-9-17(19)10-11-27-23)6-4-5-7-21-29-30-26(28-22)36-21/h8-12,15,18,20,22H,4-7,13-14H2,1-3H3,(H,28,30)/t18?,20-,22-/m0/s1. The van der Waals surface area contributed by atoms with Crippen molar-refractivity contribution >= 4 is 28.7 Å². The van der Waals surface area contributed by atoms with E-state index in [0.29, 0.717) is 24.6 Å². The molecule has 4 heterocycles. The number of carbonyl (C=O) groups is 2. The van der Waals surface area contributed by atoms with Crippen molar-refractivity contribution in [2.24, 2.45) is 5.92 Å². The van der Waals surface area contributed by atoms with Gasteiger partial charge in [0.25, 0.3) is 0 Å². The third-order valence-electron chi connectivity index (χ3n) is 6.88. The molecule has 1 N–H and O–H groups in total. The first-order valence-electron chi connectivity index (χ1n) is 12.4. The molecule has 10 nitrogen and oxygen atoms in total. The number of anilines is 1. The molecule has 1 unspecified atom stereocenters. The SMILES string of the molecule is COC(=O)[C@@H]1CC2CN1C(=O)[C@H](C(C)C)Nc1nnc(o1)CCCCc1ccc3ccnc(c3c1)O2. The first kappa shape index (κ1) is 24.0. The monoisotopic (exact) mass is 493 g/mol. The van der Waals surface area contributed by atoms with Crippen molar-refractivity contribution in [3.63, 3.8) is 0 Å². The number of esters is 1. The molecule has 2 aliphatic heterocycles. The van der Waals surface area contributed by atoms with Crippen LogP contribution >= 0.6 is 0 Å². The third kappa shape index (κ3) is 4.84. The Kier molecular flexibility index (Phi) is 6.75. The summed E-state index contributed by atoms with van der Waals surface area (Å²) in [7, 11) is 1.33. The van der Waals surface area contributed by atoms with Crippen LogP contribution in [0.2, 0.25) is 0 Å². The second-order valence-electron chi connectivity index (χ2n) is 9.75. The normalized spacial score (nSPS) is 22.7. The Morgan fingerprint density at radius 2 is 2.03 bits per heavy atom. The molecule has 36 heavy (non-hydrogen) atoms. The summed E-state index contributed by atoms with van der Waals surface area (Å²) in [4.78, 5) is 32.4. The van der Waals surface area contributed by atoms with Gasteiger partial charge in [0.05, 0.1) is 13.7 Å². The summed E-state index contributed by atoms with van der Waals surface area (Å²) in [6.07, 6.45) is 5.01. The fourth-order valence-electron chi connectivity index (χ4n) is 4.93. The third-order valence-corrected chi connectivity index (χ3v) is 6.88. The molecule has 2 aliphatic rings. The smallest absolute Gasteiger partial charge is 0.328 e. The predicted octanol–water partition coefficient (Wildman–Crippen LogP) is 3.15. The number of amides is 1. The number of carbonyl (C=O) groups excluding carboxylic acids is 2. The number of fused-ring (bicyclic) bond motifs is 5. The fourth-order valence-corrected chi connectivity index (χ4v) is 4.93. The molecule has 3 aromatic rings. The maximum absolute atomic E-state index is 13.7. The summed E-state index contributed by atoms with van der Waals surface area (Å²) in [5.41, 5.74) is 1.18. The number of nitrogens with zero attached hydrogens (tertiary/aromatic N) is 4. The lowest BCUT2D eigenvalue weighted by Crippen LogP contribution is -2.50. The molecule has 1 aromatic carbocycles. The molecule has 3 atom stereocenters.